The van der Waals surface area contributed by atoms with Gasteiger partial charge in [0.15, 0.2) is 0 Å². The van der Waals surface area contributed by atoms with Crippen molar-refractivity contribution in [1.82, 2.24) is 19.8 Å². The van der Waals surface area contributed by atoms with Crippen molar-refractivity contribution in [3.63, 3.8) is 0 Å². The first-order valence-electron chi connectivity index (χ1n) is 7.50. The lowest BCUT2D eigenvalue weighted by atomic mass is 10.1. The van der Waals surface area contributed by atoms with E-state index < -0.39 is 0 Å². The van der Waals surface area contributed by atoms with E-state index in [-0.39, 0.29) is 0 Å². The number of likely N-dealkylation sites (tertiary alicyclic amines) is 1. The predicted octanol–water partition coefficient (Wildman–Crippen LogP) is 2.18. The van der Waals surface area contributed by atoms with Crippen LogP contribution in [0.1, 0.15) is 25.2 Å². The van der Waals surface area contributed by atoms with Gasteiger partial charge in [0.1, 0.15) is 5.82 Å². The molecule has 1 aliphatic heterocycles. The zero-order chi connectivity index (χ0) is 14.1. The first kappa shape index (κ1) is 13.6. The summed E-state index contributed by atoms with van der Waals surface area (Å²) >= 11 is 0. The molecule has 0 saturated carbocycles. The fourth-order valence-electron chi connectivity index (χ4n) is 3.37. The molecular weight excluding hydrogens is 248 g/mol. The zero-order valence-corrected chi connectivity index (χ0v) is 12.6. The summed E-state index contributed by atoms with van der Waals surface area (Å²) in [6.45, 7) is 5.75. The van der Waals surface area contributed by atoms with E-state index in [0.717, 1.165) is 18.0 Å². The van der Waals surface area contributed by atoms with Crippen LogP contribution < -0.4 is 5.32 Å². The highest BCUT2D eigenvalue weighted by Crippen LogP contribution is 2.28. The minimum Gasteiger partial charge on any atom is -0.330 e. The minimum atomic E-state index is 0.384. The second kappa shape index (κ2) is 5.54. The summed E-state index contributed by atoms with van der Waals surface area (Å²) in [6.07, 6.45) is 1.29. The first-order chi connectivity index (χ1) is 9.70. The van der Waals surface area contributed by atoms with Gasteiger partial charge in [0.25, 0.3) is 0 Å². The van der Waals surface area contributed by atoms with Crippen molar-refractivity contribution in [3.05, 3.63) is 30.1 Å². The Balaban J connectivity index is 1.82. The smallest absolute Gasteiger partial charge is 0.126 e. The molecule has 2 unspecified atom stereocenters. The Hall–Kier alpha value is -1.39. The monoisotopic (exact) mass is 272 g/mol. The van der Waals surface area contributed by atoms with Gasteiger partial charge < -0.3 is 9.88 Å². The zero-order valence-electron chi connectivity index (χ0n) is 12.6. The van der Waals surface area contributed by atoms with Crippen molar-refractivity contribution in [3.8, 4) is 0 Å². The molecule has 1 aromatic carbocycles. The molecule has 0 radical (unpaired) electrons. The number of aryl methyl sites for hydroxylation is 1. The van der Waals surface area contributed by atoms with Crippen molar-refractivity contribution < 1.29 is 0 Å². The van der Waals surface area contributed by atoms with Crippen LogP contribution in [0.5, 0.6) is 0 Å². The summed E-state index contributed by atoms with van der Waals surface area (Å²) < 4.78 is 2.24. The van der Waals surface area contributed by atoms with E-state index in [1.807, 2.05) is 7.05 Å². The fraction of sp³-hybridized carbons (Fsp3) is 0.562. The Morgan fingerprint density at radius 2 is 2.20 bits per heavy atom. The van der Waals surface area contributed by atoms with Crippen molar-refractivity contribution in [1.29, 1.82) is 0 Å². The molecule has 2 atom stereocenters. The van der Waals surface area contributed by atoms with E-state index in [9.17, 15) is 0 Å². The highest BCUT2D eigenvalue weighted by molar-refractivity contribution is 5.75. The van der Waals surface area contributed by atoms with Crippen LogP contribution in [0.15, 0.2) is 24.3 Å². The third kappa shape index (κ3) is 2.34. The Morgan fingerprint density at radius 1 is 1.40 bits per heavy atom. The van der Waals surface area contributed by atoms with E-state index in [2.05, 4.69) is 53.0 Å². The Bertz CT molecular complexity index is 589. The van der Waals surface area contributed by atoms with Crippen LogP contribution in [0.4, 0.5) is 0 Å². The maximum atomic E-state index is 4.83. The summed E-state index contributed by atoms with van der Waals surface area (Å²) in [7, 11) is 4.17. The molecule has 0 amide bonds. The number of imidazole rings is 1. The Kier molecular flexibility index (Phi) is 3.76. The van der Waals surface area contributed by atoms with Gasteiger partial charge >= 0.3 is 0 Å². The van der Waals surface area contributed by atoms with Gasteiger partial charge in [-0.25, -0.2) is 4.98 Å². The number of nitrogens with zero attached hydrogens (tertiary/aromatic N) is 3. The van der Waals surface area contributed by atoms with Crippen LogP contribution in [0.3, 0.4) is 0 Å². The third-order valence-electron chi connectivity index (χ3n) is 4.55. The molecule has 1 saturated heterocycles. The normalized spacial score (nSPS) is 21.6. The van der Waals surface area contributed by atoms with Crippen LogP contribution in [0.25, 0.3) is 11.0 Å². The molecule has 0 aliphatic carbocycles. The molecule has 1 fully saturated rings. The molecule has 0 spiro atoms. The van der Waals surface area contributed by atoms with Gasteiger partial charge in [0, 0.05) is 13.6 Å². The van der Waals surface area contributed by atoms with Crippen molar-refractivity contribution >= 4 is 11.0 Å². The average Bonchev–Trinajstić information content (AvgIpc) is 3.05. The standard InChI is InChI=1S/C16H24N4/c1-12(20-9-8-13(11-20)10-17-2)16-18-14-6-4-5-7-15(14)19(16)3/h4-7,12-13,17H,8-11H2,1-3H3. The van der Waals surface area contributed by atoms with Crippen molar-refractivity contribution in [2.24, 2.45) is 13.0 Å². The number of aromatic nitrogens is 2. The quantitative estimate of drug-likeness (QED) is 0.926. The van der Waals surface area contributed by atoms with Gasteiger partial charge in [-0.2, -0.15) is 0 Å². The van der Waals surface area contributed by atoms with Crippen LogP contribution in [0, 0.1) is 5.92 Å². The Labute approximate surface area is 120 Å². The lowest BCUT2D eigenvalue weighted by Crippen LogP contribution is -2.28. The average molecular weight is 272 g/mol. The van der Waals surface area contributed by atoms with E-state index in [1.165, 1.54) is 30.9 Å². The molecule has 3 rings (SSSR count). The summed E-state index contributed by atoms with van der Waals surface area (Å²) in [4.78, 5) is 7.39. The summed E-state index contributed by atoms with van der Waals surface area (Å²) in [5.74, 6) is 1.95. The largest absolute Gasteiger partial charge is 0.330 e. The number of hydrogen-bond acceptors (Lipinski definition) is 3. The number of fused-ring (bicyclic) bond motifs is 1. The first-order valence-corrected chi connectivity index (χ1v) is 7.50. The molecule has 4 heteroatoms. The molecule has 1 N–H and O–H groups in total. The van der Waals surface area contributed by atoms with Crippen LogP contribution in [-0.2, 0) is 7.05 Å². The van der Waals surface area contributed by atoms with Gasteiger partial charge in [-0.1, -0.05) is 12.1 Å². The van der Waals surface area contributed by atoms with Crippen molar-refractivity contribution in [2.45, 2.75) is 19.4 Å². The van der Waals surface area contributed by atoms with Crippen LogP contribution in [0.2, 0.25) is 0 Å². The number of hydrogen-bond donors (Lipinski definition) is 1. The lowest BCUT2D eigenvalue weighted by Gasteiger charge is -2.24. The molecule has 1 aliphatic rings. The fourth-order valence-corrected chi connectivity index (χ4v) is 3.37. The number of benzene rings is 1. The molecule has 1 aromatic heterocycles. The topological polar surface area (TPSA) is 33.1 Å². The molecule has 2 aromatic rings. The van der Waals surface area contributed by atoms with E-state index in [4.69, 9.17) is 4.98 Å². The molecule has 20 heavy (non-hydrogen) atoms. The third-order valence-corrected chi connectivity index (χ3v) is 4.55. The summed E-state index contributed by atoms with van der Waals surface area (Å²) in [6, 6.07) is 8.76. The second-order valence-corrected chi connectivity index (χ2v) is 5.90. The van der Waals surface area contributed by atoms with E-state index in [0.29, 0.717) is 6.04 Å². The van der Waals surface area contributed by atoms with Crippen LogP contribution in [-0.4, -0.2) is 41.1 Å². The predicted molar refractivity (Wildman–Crippen MR) is 82.7 cm³/mol. The maximum absolute atomic E-state index is 4.83. The van der Waals surface area contributed by atoms with E-state index >= 15 is 0 Å². The van der Waals surface area contributed by atoms with Gasteiger partial charge in [-0.3, -0.25) is 4.90 Å². The lowest BCUT2D eigenvalue weighted by molar-refractivity contribution is 0.240. The molecular formula is C16H24N4. The second-order valence-electron chi connectivity index (χ2n) is 5.90. The van der Waals surface area contributed by atoms with Gasteiger partial charge in [0.2, 0.25) is 0 Å². The molecule has 0 bridgehead atoms. The molecule has 4 nitrogen and oxygen atoms in total. The minimum absolute atomic E-state index is 0.384. The Morgan fingerprint density at radius 3 is 2.95 bits per heavy atom. The van der Waals surface area contributed by atoms with E-state index in [1.54, 1.807) is 0 Å². The van der Waals surface area contributed by atoms with Gasteiger partial charge in [0.05, 0.1) is 17.1 Å². The summed E-state index contributed by atoms with van der Waals surface area (Å²) in [5, 5.41) is 3.29. The number of nitrogens with one attached hydrogen (secondary N) is 1. The van der Waals surface area contributed by atoms with Crippen LogP contribution >= 0.6 is 0 Å². The highest BCUT2D eigenvalue weighted by Gasteiger charge is 2.28. The molecule has 2 heterocycles. The molecule has 108 valence electrons. The van der Waals surface area contributed by atoms with Gasteiger partial charge in [-0.05, 0) is 51.5 Å². The number of para-hydroxylation sites is 2. The van der Waals surface area contributed by atoms with Gasteiger partial charge in [-0.15, -0.1) is 0 Å². The SMILES string of the molecule is CNCC1CCN(C(C)c2nc3ccccc3n2C)C1. The van der Waals surface area contributed by atoms with Crippen molar-refractivity contribution in [2.75, 3.05) is 26.7 Å². The summed E-state index contributed by atoms with van der Waals surface area (Å²) in [5.41, 5.74) is 2.32. The number of rotatable bonds is 4. The maximum Gasteiger partial charge on any atom is 0.126 e. The highest BCUT2D eigenvalue weighted by atomic mass is 15.2.